The van der Waals surface area contributed by atoms with Crippen LogP contribution in [0.15, 0.2) is 0 Å². The van der Waals surface area contributed by atoms with Gasteiger partial charge in [-0.3, -0.25) is 4.79 Å². The van der Waals surface area contributed by atoms with Crippen molar-refractivity contribution in [3.63, 3.8) is 0 Å². The Hall–Kier alpha value is 0.0700. The highest BCUT2D eigenvalue weighted by molar-refractivity contribution is 7.80. The molecular weight excluding hydrogens is 174 g/mol. The van der Waals surface area contributed by atoms with Gasteiger partial charge in [0, 0.05) is 5.75 Å². The molecule has 0 heterocycles. The number of hydrogen-bond donors (Lipinski definition) is 3. The van der Waals surface area contributed by atoms with E-state index < -0.39 is 11.5 Å². The van der Waals surface area contributed by atoms with Crippen molar-refractivity contribution in [3.8, 4) is 0 Å². The Morgan fingerprint density at radius 3 is 2.20 bits per heavy atom. The van der Waals surface area contributed by atoms with Crippen molar-refractivity contribution < 1.29 is 9.90 Å². The van der Waals surface area contributed by atoms with Crippen LogP contribution in [0.1, 0.15) is 13.3 Å². The van der Waals surface area contributed by atoms with Crippen molar-refractivity contribution in [2.45, 2.75) is 18.9 Å². The molecular formula is C5H12ClNO2S. The van der Waals surface area contributed by atoms with Gasteiger partial charge in [0.2, 0.25) is 0 Å². The molecule has 62 valence electrons. The van der Waals surface area contributed by atoms with Gasteiger partial charge >= 0.3 is 5.97 Å². The van der Waals surface area contributed by atoms with Crippen LogP contribution in [0.25, 0.3) is 0 Å². The summed E-state index contributed by atoms with van der Waals surface area (Å²) >= 11 is 3.81. The first-order valence-corrected chi connectivity index (χ1v) is 3.33. The zero-order valence-corrected chi connectivity index (χ0v) is 7.41. The molecule has 0 bridgehead atoms. The van der Waals surface area contributed by atoms with Gasteiger partial charge in [0.05, 0.1) is 0 Å². The first-order valence-electron chi connectivity index (χ1n) is 2.70. The molecule has 3 nitrogen and oxygen atoms in total. The van der Waals surface area contributed by atoms with Crippen LogP contribution in [-0.4, -0.2) is 22.4 Å². The molecule has 5 heteroatoms. The summed E-state index contributed by atoms with van der Waals surface area (Å²) in [6.45, 7) is 1.73. The maximum atomic E-state index is 10.3. The Kier molecular flexibility index (Phi) is 6.13. The molecule has 0 aromatic carbocycles. The minimum absolute atomic E-state index is 0. The van der Waals surface area contributed by atoms with Gasteiger partial charge in [0.25, 0.3) is 0 Å². The van der Waals surface area contributed by atoms with Crippen LogP contribution in [0.5, 0.6) is 0 Å². The minimum Gasteiger partial charge on any atom is -0.480 e. The van der Waals surface area contributed by atoms with E-state index in [0.29, 0.717) is 6.42 Å². The van der Waals surface area contributed by atoms with E-state index in [1.807, 2.05) is 0 Å². The number of carbonyl (C=O) groups is 1. The fourth-order valence-corrected chi connectivity index (χ4v) is 0.690. The highest BCUT2D eigenvalue weighted by Gasteiger charge is 2.29. The minimum atomic E-state index is -1.14. The molecule has 0 aromatic rings. The number of carboxylic acid groups (broad SMARTS) is 1. The van der Waals surface area contributed by atoms with Gasteiger partial charge in [-0.2, -0.15) is 12.6 Å². The molecule has 0 rings (SSSR count). The Bertz CT molecular complexity index is 116. The second-order valence-corrected chi connectivity index (χ2v) is 2.29. The van der Waals surface area contributed by atoms with E-state index in [4.69, 9.17) is 10.8 Å². The highest BCUT2D eigenvalue weighted by atomic mass is 35.5. The van der Waals surface area contributed by atoms with Gasteiger partial charge in [-0.25, -0.2) is 0 Å². The highest BCUT2D eigenvalue weighted by Crippen LogP contribution is 2.07. The van der Waals surface area contributed by atoms with Crippen LogP contribution in [0.3, 0.4) is 0 Å². The standard InChI is InChI=1S/C5H11NO2S.ClH/c1-2-5(6,3-9)4(7)8;/h9H,2-3,6H2,1H3,(H,7,8);1H/t5-;/m0./s1. The lowest BCUT2D eigenvalue weighted by atomic mass is 10.0. The second-order valence-electron chi connectivity index (χ2n) is 1.97. The fraction of sp³-hybridized carbons (Fsp3) is 0.800. The van der Waals surface area contributed by atoms with Crippen LogP contribution < -0.4 is 5.73 Å². The normalized spacial score (nSPS) is 15.1. The summed E-state index contributed by atoms with van der Waals surface area (Å²) in [5.41, 5.74) is 4.23. The molecule has 0 spiro atoms. The lowest BCUT2D eigenvalue weighted by Gasteiger charge is -2.19. The number of aliphatic carboxylic acids is 1. The molecule has 0 aliphatic rings. The summed E-state index contributed by atoms with van der Waals surface area (Å²) in [6, 6.07) is 0. The largest absolute Gasteiger partial charge is 0.480 e. The zero-order valence-electron chi connectivity index (χ0n) is 5.70. The first kappa shape index (κ1) is 12.7. The number of nitrogens with two attached hydrogens (primary N) is 1. The van der Waals surface area contributed by atoms with Crippen molar-refractivity contribution in [2.75, 3.05) is 5.75 Å². The predicted octanol–water partition coefficient (Wildman–Crippen LogP) is 0.530. The fourth-order valence-electron chi connectivity index (χ4n) is 0.331. The molecule has 10 heavy (non-hydrogen) atoms. The van der Waals surface area contributed by atoms with Gasteiger partial charge in [-0.1, -0.05) is 6.92 Å². The van der Waals surface area contributed by atoms with Gasteiger partial charge in [-0.15, -0.1) is 12.4 Å². The van der Waals surface area contributed by atoms with Crippen LogP contribution in [0.4, 0.5) is 0 Å². The van der Waals surface area contributed by atoms with Crippen molar-refractivity contribution in [1.82, 2.24) is 0 Å². The topological polar surface area (TPSA) is 63.3 Å². The van der Waals surface area contributed by atoms with Crippen molar-refractivity contribution in [2.24, 2.45) is 5.73 Å². The molecule has 0 saturated heterocycles. The number of hydrogen-bond acceptors (Lipinski definition) is 3. The molecule has 0 saturated carbocycles. The van der Waals surface area contributed by atoms with Crippen molar-refractivity contribution >= 4 is 31.0 Å². The summed E-state index contributed by atoms with van der Waals surface area (Å²) in [5.74, 6) is -0.807. The van der Waals surface area contributed by atoms with E-state index in [1.165, 1.54) is 0 Å². The quantitative estimate of drug-likeness (QED) is 0.563. The number of rotatable bonds is 3. The molecule has 1 atom stereocenters. The summed E-state index contributed by atoms with van der Waals surface area (Å²) in [6.07, 6.45) is 0.409. The zero-order chi connectivity index (χ0) is 7.49. The monoisotopic (exact) mass is 185 g/mol. The second kappa shape index (κ2) is 4.82. The average molecular weight is 186 g/mol. The molecule has 0 amide bonds. The Morgan fingerprint density at radius 1 is 1.80 bits per heavy atom. The van der Waals surface area contributed by atoms with Crippen LogP contribution in [0, 0.1) is 0 Å². The molecule has 0 radical (unpaired) electrons. The number of thiol groups is 1. The molecule has 3 N–H and O–H groups in total. The van der Waals surface area contributed by atoms with E-state index in [0.717, 1.165) is 0 Å². The van der Waals surface area contributed by atoms with Gasteiger partial charge in [-0.05, 0) is 6.42 Å². The lowest BCUT2D eigenvalue weighted by Crippen LogP contribution is -2.49. The Labute approximate surface area is 71.8 Å². The maximum absolute atomic E-state index is 10.3. The Balaban J connectivity index is 0. The number of carboxylic acids is 1. The average Bonchev–Trinajstić information content (AvgIpc) is 1.86. The van der Waals surface area contributed by atoms with Gasteiger partial charge in [0.15, 0.2) is 0 Å². The first-order chi connectivity index (χ1) is 4.06. The van der Waals surface area contributed by atoms with Crippen molar-refractivity contribution in [1.29, 1.82) is 0 Å². The summed E-state index contributed by atoms with van der Waals surface area (Å²) < 4.78 is 0. The van der Waals surface area contributed by atoms with E-state index in [-0.39, 0.29) is 18.2 Å². The molecule has 0 unspecified atom stereocenters. The van der Waals surface area contributed by atoms with E-state index >= 15 is 0 Å². The predicted molar refractivity (Wildman–Crippen MR) is 45.9 cm³/mol. The SMILES string of the molecule is CC[C@](N)(CS)C(=O)O.Cl. The summed E-state index contributed by atoms with van der Waals surface area (Å²) in [7, 11) is 0. The third-order valence-electron chi connectivity index (χ3n) is 1.34. The third kappa shape index (κ3) is 2.77. The number of halogens is 1. The molecule has 0 fully saturated rings. The van der Waals surface area contributed by atoms with Crippen LogP contribution in [0.2, 0.25) is 0 Å². The third-order valence-corrected chi connectivity index (χ3v) is 1.90. The smallest absolute Gasteiger partial charge is 0.324 e. The van der Waals surface area contributed by atoms with Crippen LogP contribution in [-0.2, 0) is 4.79 Å². The lowest BCUT2D eigenvalue weighted by molar-refractivity contribution is -0.142. The maximum Gasteiger partial charge on any atom is 0.324 e. The van der Waals surface area contributed by atoms with E-state index in [1.54, 1.807) is 6.92 Å². The molecule has 0 aromatic heterocycles. The van der Waals surface area contributed by atoms with Gasteiger partial charge < -0.3 is 10.8 Å². The van der Waals surface area contributed by atoms with Crippen LogP contribution >= 0.6 is 25.0 Å². The van der Waals surface area contributed by atoms with E-state index in [9.17, 15) is 4.79 Å². The van der Waals surface area contributed by atoms with Gasteiger partial charge in [0.1, 0.15) is 5.54 Å². The Morgan fingerprint density at radius 2 is 2.20 bits per heavy atom. The van der Waals surface area contributed by atoms with E-state index in [2.05, 4.69) is 12.6 Å². The summed E-state index contributed by atoms with van der Waals surface area (Å²) in [5, 5.41) is 8.46. The molecule has 0 aliphatic carbocycles. The molecule has 0 aliphatic heterocycles. The summed E-state index contributed by atoms with van der Waals surface area (Å²) in [4.78, 5) is 10.3. The van der Waals surface area contributed by atoms with Crippen molar-refractivity contribution in [3.05, 3.63) is 0 Å².